The summed E-state index contributed by atoms with van der Waals surface area (Å²) < 4.78 is 13.2. The van der Waals surface area contributed by atoms with Crippen LogP contribution in [0, 0.1) is 19.7 Å². The first kappa shape index (κ1) is 12.6. The van der Waals surface area contributed by atoms with E-state index in [4.69, 9.17) is 5.84 Å². The third kappa shape index (κ3) is 2.52. The summed E-state index contributed by atoms with van der Waals surface area (Å²) in [6.45, 7) is 3.82. The van der Waals surface area contributed by atoms with Gasteiger partial charge in [-0.25, -0.2) is 9.82 Å². The quantitative estimate of drug-likeness (QED) is 0.640. The first-order valence-electron chi connectivity index (χ1n) is 5.62. The summed E-state index contributed by atoms with van der Waals surface area (Å²) in [6.07, 6.45) is 2.75. The Morgan fingerprint density at radius 2 is 2.06 bits per heavy atom. The monoisotopic (exact) mass is 246 g/mol. The van der Waals surface area contributed by atoms with Gasteiger partial charge < -0.3 is 0 Å². The first-order valence-corrected chi connectivity index (χ1v) is 5.62. The van der Waals surface area contributed by atoms with E-state index in [1.165, 1.54) is 6.07 Å². The van der Waals surface area contributed by atoms with E-state index >= 15 is 0 Å². The fourth-order valence-electron chi connectivity index (χ4n) is 1.95. The van der Waals surface area contributed by atoms with Gasteiger partial charge in [0.25, 0.3) is 0 Å². The predicted octanol–water partition coefficient (Wildman–Crippen LogP) is 1.79. The van der Waals surface area contributed by atoms with Crippen LogP contribution in [0.4, 0.5) is 4.39 Å². The largest absolute Gasteiger partial charge is 0.271 e. The second kappa shape index (κ2) is 5.20. The molecule has 2 aromatic rings. The van der Waals surface area contributed by atoms with Crippen molar-refractivity contribution in [1.82, 2.24) is 15.4 Å². The van der Waals surface area contributed by atoms with Crippen LogP contribution >= 0.6 is 0 Å². The minimum absolute atomic E-state index is 0.318. The van der Waals surface area contributed by atoms with Gasteiger partial charge in [0.15, 0.2) is 0 Å². The van der Waals surface area contributed by atoms with E-state index in [0.717, 1.165) is 23.1 Å². The van der Waals surface area contributed by atoms with Gasteiger partial charge in [-0.05, 0) is 37.1 Å². The van der Waals surface area contributed by atoms with E-state index < -0.39 is 0 Å². The number of aromatic nitrogens is 2. The highest BCUT2D eigenvalue weighted by molar-refractivity contribution is 5.33. The lowest BCUT2D eigenvalue weighted by Crippen LogP contribution is -2.29. The number of pyridine rings is 2. The number of hydrazine groups is 1. The number of hydrogen-bond acceptors (Lipinski definition) is 4. The van der Waals surface area contributed by atoms with Crippen molar-refractivity contribution >= 4 is 0 Å². The van der Waals surface area contributed by atoms with Crippen molar-refractivity contribution < 1.29 is 4.39 Å². The van der Waals surface area contributed by atoms with Crippen LogP contribution < -0.4 is 11.3 Å². The van der Waals surface area contributed by atoms with E-state index in [9.17, 15) is 4.39 Å². The SMILES string of the molecule is Cc1ccc(C(NN)c2cncc(F)c2)c(C)n1. The Hall–Kier alpha value is -1.85. The molecule has 1 atom stereocenters. The molecule has 0 saturated heterocycles. The second-order valence-electron chi connectivity index (χ2n) is 4.16. The van der Waals surface area contributed by atoms with E-state index in [1.54, 1.807) is 6.20 Å². The highest BCUT2D eigenvalue weighted by Gasteiger charge is 2.16. The van der Waals surface area contributed by atoms with Crippen molar-refractivity contribution in [2.75, 3.05) is 0 Å². The molecule has 0 saturated carbocycles. The predicted molar refractivity (Wildman–Crippen MR) is 67.1 cm³/mol. The number of halogens is 1. The van der Waals surface area contributed by atoms with Gasteiger partial charge in [-0.1, -0.05) is 6.07 Å². The molecular weight excluding hydrogens is 231 g/mol. The lowest BCUT2D eigenvalue weighted by molar-refractivity contribution is 0.595. The summed E-state index contributed by atoms with van der Waals surface area (Å²) in [5.41, 5.74) is 6.06. The molecule has 0 amide bonds. The summed E-state index contributed by atoms with van der Waals surface area (Å²) in [5.74, 6) is 5.18. The topological polar surface area (TPSA) is 63.8 Å². The average molecular weight is 246 g/mol. The van der Waals surface area contributed by atoms with Gasteiger partial charge in [-0.15, -0.1) is 0 Å². The van der Waals surface area contributed by atoms with E-state index in [0.29, 0.717) is 5.56 Å². The van der Waals surface area contributed by atoms with Gasteiger partial charge in [0.2, 0.25) is 0 Å². The van der Waals surface area contributed by atoms with Crippen LogP contribution in [0.15, 0.2) is 30.6 Å². The standard InChI is InChI=1S/C13H15FN4/c1-8-3-4-12(9(2)17-8)13(18-15)10-5-11(14)7-16-6-10/h3-7,13,18H,15H2,1-2H3. The Kier molecular flexibility index (Phi) is 3.64. The zero-order valence-electron chi connectivity index (χ0n) is 10.3. The summed E-state index contributed by atoms with van der Waals surface area (Å²) in [5, 5.41) is 0. The summed E-state index contributed by atoms with van der Waals surface area (Å²) >= 11 is 0. The molecule has 2 heterocycles. The van der Waals surface area contributed by atoms with Crippen molar-refractivity contribution in [3.05, 3.63) is 58.9 Å². The molecule has 0 aliphatic heterocycles. The smallest absolute Gasteiger partial charge is 0.141 e. The van der Waals surface area contributed by atoms with Gasteiger partial charge >= 0.3 is 0 Å². The van der Waals surface area contributed by atoms with Gasteiger partial charge in [0, 0.05) is 17.6 Å². The van der Waals surface area contributed by atoms with Crippen LogP contribution in [0.1, 0.15) is 28.6 Å². The van der Waals surface area contributed by atoms with Crippen LogP contribution in [0.25, 0.3) is 0 Å². The highest BCUT2D eigenvalue weighted by Crippen LogP contribution is 2.23. The second-order valence-corrected chi connectivity index (χ2v) is 4.16. The first-order chi connectivity index (χ1) is 8.61. The maximum Gasteiger partial charge on any atom is 0.141 e. The van der Waals surface area contributed by atoms with Gasteiger partial charge in [-0.2, -0.15) is 0 Å². The number of aryl methyl sites for hydroxylation is 2. The summed E-state index contributed by atoms with van der Waals surface area (Å²) in [4.78, 5) is 8.22. The molecule has 18 heavy (non-hydrogen) atoms. The van der Waals surface area contributed by atoms with Crippen molar-refractivity contribution in [3.63, 3.8) is 0 Å². The molecule has 0 spiro atoms. The average Bonchev–Trinajstić information content (AvgIpc) is 2.33. The van der Waals surface area contributed by atoms with Crippen molar-refractivity contribution in [1.29, 1.82) is 0 Å². The fraction of sp³-hybridized carbons (Fsp3) is 0.231. The minimum Gasteiger partial charge on any atom is -0.271 e. The van der Waals surface area contributed by atoms with Gasteiger partial charge in [0.05, 0.1) is 12.2 Å². The summed E-state index contributed by atoms with van der Waals surface area (Å²) in [7, 11) is 0. The van der Waals surface area contributed by atoms with Crippen LogP contribution in [0.2, 0.25) is 0 Å². The van der Waals surface area contributed by atoms with Crippen LogP contribution in [-0.2, 0) is 0 Å². The molecule has 0 aliphatic carbocycles. The molecular formula is C13H15FN4. The Labute approximate surface area is 105 Å². The Balaban J connectivity index is 2.45. The normalized spacial score (nSPS) is 12.4. The Bertz CT molecular complexity index is 556. The molecule has 0 bridgehead atoms. The number of nitrogens with one attached hydrogen (secondary N) is 1. The lowest BCUT2D eigenvalue weighted by Gasteiger charge is -2.18. The Morgan fingerprint density at radius 1 is 1.28 bits per heavy atom. The number of nitrogens with zero attached hydrogens (tertiary/aromatic N) is 2. The van der Waals surface area contributed by atoms with Crippen LogP contribution in [0.3, 0.4) is 0 Å². The Morgan fingerprint density at radius 3 is 2.67 bits per heavy atom. The van der Waals surface area contributed by atoms with Gasteiger partial charge in [-0.3, -0.25) is 15.8 Å². The molecule has 4 nitrogen and oxygen atoms in total. The number of hydrogen-bond donors (Lipinski definition) is 2. The van der Waals surface area contributed by atoms with E-state index in [2.05, 4.69) is 15.4 Å². The van der Waals surface area contributed by atoms with Crippen LogP contribution in [0.5, 0.6) is 0 Å². The van der Waals surface area contributed by atoms with E-state index in [-0.39, 0.29) is 11.9 Å². The van der Waals surface area contributed by atoms with Crippen molar-refractivity contribution in [3.8, 4) is 0 Å². The molecule has 94 valence electrons. The molecule has 0 fully saturated rings. The van der Waals surface area contributed by atoms with Gasteiger partial charge in [0.1, 0.15) is 5.82 Å². The third-order valence-electron chi connectivity index (χ3n) is 2.80. The summed E-state index contributed by atoms with van der Waals surface area (Å²) in [6, 6.07) is 4.94. The molecule has 2 aromatic heterocycles. The lowest BCUT2D eigenvalue weighted by atomic mass is 9.99. The molecule has 0 radical (unpaired) electrons. The van der Waals surface area contributed by atoms with Crippen molar-refractivity contribution in [2.45, 2.75) is 19.9 Å². The zero-order chi connectivity index (χ0) is 13.1. The number of rotatable bonds is 3. The minimum atomic E-state index is -0.384. The molecule has 0 aromatic carbocycles. The van der Waals surface area contributed by atoms with Crippen molar-refractivity contribution in [2.24, 2.45) is 5.84 Å². The number of nitrogens with two attached hydrogens (primary N) is 1. The molecule has 2 rings (SSSR count). The van der Waals surface area contributed by atoms with Crippen LogP contribution in [-0.4, -0.2) is 9.97 Å². The molecule has 5 heteroatoms. The molecule has 3 N–H and O–H groups in total. The maximum absolute atomic E-state index is 13.2. The maximum atomic E-state index is 13.2. The van der Waals surface area contributed by atoms with E-state index in [1.807, 2.05) is 26.0 Å². The third-order valence-corrected chi connectivity index (χ3v) is 2.80. The molecule has 1 unspecified atom stereocenters. The highest BCUT2D eigenvalue weighted by atomic mass is 19.1. The zero-order valence-corrected chi connectivity index (χ0v) is 10.3. The molecule has 0 aliphatic rings. The fourth-order valence-corrected chi connectivity index (χ4v) is 1.95.